The van der Waals surface area contributed by atoms with Crippen LogP contribution in [0.1, 0.15) is 46.6 Å². The lowest BCUT2D eigenvalue weighted by Crippen LogP contribution is -2.30. The number of hydrogen-bond acceptors (Lipinski definition) is 4. The van der Waals surface area contributed by atoms with Crippen LogP contribution in [0.3, 0.4) is 0 Å². The molecule has 1 aromatic carbocycles. The van der Waals surface area contributed by atoms with Crippen LogP contribution in [0, 0.1) is 13.8 Å². The van der Waals surface area contributed by atoms with E-state index in [1.165, 1.54) is 6.07 Å². The number of rotatable bonds is 5. The van der Waals surface area contributed by atoms with Gasteiger partial charge in [0.2, 0.25) is 10.0 Å². The summed E-state index contributed by atoms with van der Waals surface area (Å²) in [6.45, 7) is 5.37. The molecule has 1 unspecified atom stereocenters. The number of nitrogens with one attached hydrogen (secondary N) is 1. The zero-order valence-electron chi connectivity index (χ0n) is 14.2. The summed E-state index contributed by atoms with van der Waals surface area (Å²) in [5.41, 5.74) is 2.39. The first-order valence-electron chi connectivity index (χ1n) is 7.58. The van der Waals surface area contributed by atoms with Gasteiger partial charge in [-0.1, -0.05) is 6.92 Å². The summed E-state index contributed by atoms with van der Waals surface area (Å²) < 4.78 is 25.1. The van der Waals surface area contributed by atoms with Crippen LogP contribution in [-0.2, 0) is 17.1 Å². The van der Waals surface area contributed by atoms with E-state index in [0.29, 0.717) is 17.5 Å². The van der Waals surface area contributed by atoms with Gasteiger partial charge >= 0.3 is 0 Å². The van der Waals surface area contributed by atoms with Crippen molar-refractivity contribution in [1.82, 2.24) is 15.1 Å². The monoisotopic (exact) mass is 350 g/mol. The molecule has 0 saturated heterocycles. The van der Waals surface area contributed by atoms with E-state index in [9.17, 15) is 13.2 Å². The van der Waals surface area contributed by atoms with Crippen LogP contribution in [0.4, 0.5) is 0 Å². The topological polar surface area (TPSA) is 107 Å². The third kappa shape index (κ3) is 3.65. The van der Waals surface area contributed by atoms with Crippen LogP contribution in [0.25, 0.3) is 0 Å². The Bertz CT molecular complexity index is 871. The van der Waals surface area contributed by atoms with E-state index < -0.39 is 10.0 Å². The summed E-state index contributed by atoms with van der Waals surface area (Å²) in [4.78, 5) is 12.6. The van der Waals surface area contributed by atoms with Gasteiger partial charge in [-0.25, -0.2) is 13.6 Å². The number of carbonyl (C=O) groups is 1. The van der Waals surface area contributed by atoms with E-state index in [-0.39, 0.29) is 22.4 Å². The maximum atomic E-state index is 12.6. The minimum Gasteiger partial charge on any atom is -0.344 e. The largest absolute Gasteiger partial charge is 0.344 e. The molecule has 0 bridgehead atoms. The zero-order valence-corrected chi connectivity index (χ0v) is 15.0. The van der Waals surface area contributed by atoms with Gasteiger partial charge in [0.25, 0.3) is 5.91 Å². The van der Waals surface area contributed by atoms with Crippen molar-refractivity contribution in [3.63, 3.8) is 0 Å². The molecule has 3 N–H and O–H groups in total. The highest BCUT2D eigenvalue weighted by atomic mass is 32.2. The van der Waals surface area contributed by atoms with Gasteiger partial charge in [0.15, 0.2) is 0 Å². The Morgan fingerprint density at radius 3 is 2.54 bits per heavy atom. The quantitative estimate of drug-likeness (QED) is 0.853. The summed E-state index contributed by atoms with van der Waals surface area (Å²) in [5, 5.41) is 12.3. The van der Waals surface area contributed by atoms with Crippen LogP contribution in [0.5, 0.6) is 0 Å². The van der Waals surface area contributed by atoms with E-state index >= 15 is 0 Å². The van der Waals surface area contributed by atoms with Crippen molar-refractivity contribution in [1.29, 1.82) is 0 Å². The lowest BCUT2D eigenvalue weighted by Gasteiger charge is -2.18. The minimum absolute atomic E-state index is 0.0266. The number of aromatic nitrogens is 2. The number of nitrogens with two attached hydrogens (primary N) is 1. The first-order valence-corrected chi connectivity index (χ1v) is 9.12. The molecule has 0 aliphatic heterocycles. The highest BCUT2D eigenvalue weighted by Crippen LogP contribution is 2.21. The number of nitrogens with zero attached hydrogens (tertiary/aromatic N) is 2. The van der Waals surface area contributed by atoms with Gasteiger partial charge in [0.1, 0.15) is 0 Å². The standard InChI is InChI=1S/C16H22N4O3S/c1-5-13(14-6-7-18-20(14)4)19-16(21)12-8-10(2)11(3)15(9-12)24(17,22)23/h6-9,13H,5H2,1-4H3,(H,19,21)(H2,17,22,23). The average Bonchev–Trinajstić information content (AvgIpc) is 2.92. The number of benzene rings is 1. The van der Waals surface area contributed by atoms with E-state index in [0.717, 1.165) is 5.69 Å². The fourth-order valence-electron chi connectivity index (χ4n) is 2.61. The summed E-state index contributed by atoms with van der Waals surface area (Å²) in [6, 6.07) is 4.60. The highest BCUT2D eigenvalue weighted by molar-refractivity contribution is 7.89. The van der Waals surface area contributed by atoms with E-state index in [1.54, 1.807) is 37.8 Å². The molecule has 0 fully saturated rings. The van der Waals surface area contributed by atoms with Crippen molar-refractivity contribution in [2.24, 2.45) is 12.2 Å². The maximum Gasteiger partial charge on any atom is 0.251 e. The Kier molecular flexibility index (Phi) is 5.10. The van der Waals surface area contributed by atoms with Gasteiger partial charge in [-0.3, -0.25) is 9.48 Å². The Morgan fingerprint density at radius 2 is 2.04 bits per heavy atom. The first kappa shape index (κ1) is 18.2. The van der Waals surface area contributed by atoms with Crippen LogP contribution in [0.15, 0.2) is 29.3 Å². The molecule has 0 saturated carbocycles. The minimum atomic E-state index is -3.89. The Hall–Kier alpha value is -2.19. The van der Waals surface area contributed by atoms with Crippen LogP contribution in [-0.4, -0.2) is 24.1 Å². The van der Waals surface area contributed by atoms with Crippen LogP contribution in [0.2, 0.25) is 0 Å². The number of carbonyl (C=O) groups excluding carboxylic acids is 1. The smallest absolute Gasteiger partial charge is 0.251 e. The third-order valence-corrected chi connectivity index (χ3v) is 5.15. The molecule has 1 amide bonds. The van der Waals surface area contributed by atoms with E-state index in [1.807, 2.05) is 13.0 Å². The fraction of sp³-hybridized carbons (Fsp3) is 0.375. The van der Waals surface area contributed by atoms with Gasteiger partial charge in [0.05, 0.1) is 16.6 Å². The van der Waals surface area contributed by atoms with Gasteiger partial charge < -0.3 is 5.32 Å². The molecule has 130 valence electrons. The Morgan fingerprint density at radius 1 is 1.38 bits per heavy atom. The molecule has 1 heterocycles. The summed E-state index contributed by atoms with van der Waals surface area (Å²) in [7, 11) is -2.09. The maximum absolute atomic E-state index is 12.6. The SMILES string of the molecule is CCC(NC(=O)c1cc(C)c(C)c(S(N)(=O)=O)c1)c1ccnn1C. The van der Waals surface area contributed by atoms with Crippen molar-refractivity contribution in [2.75, 3.05) is 0 Å². The second kappa shape index (κ2) is 6.74. The second-order valence-corrected chi connectivity index (χ2v) is 7.31. The number of amides is 1. The zero-order chi connectivity index (χ0) is 18.1. The molecule has 0 aliphatic rings. The Labute approximate surface area is 141 Å². The number of hydrogen-bond donors (Lipinski definition) is 2. The van der Waals surface area contributed by atoms with Crippen LogP contribution >= 0.6 is 0 Å². The molecule has 0 spiro atoms. The van der Waals surface area contributed by atoms with Crippen molar-refractivity contribution in [3.8, 4) is 0 Å². The van der Waals surface area contributed by atoms with Crippen LogP contribution < -0.4 is 10.5 Å². The number of sulfonamides is 1. The number of aryl methyl sites for hydroxylation is 2. The van der Waals surface area contributed by atoms with E-state index in [4.69, 9.17) is 5.14 Å². The molecule has 2 rings (SSSR count). The molecule has 7 nitrogen and oxygen atoms in total. The lowest BCUT2D eigenvalue weighted by atomic mass is 10.0. The fourth-order valence-corrected chi connectivity index (χ4v) is 3.49. The molecule has 2 aromatic rings. The summed E-state index contributed by atoms with van der Waals surface area (Å²) >= 11 is 0. The molecular weight excluding hydrogens is 328 g/mol. The first-order chi connectivity index (χ1) is 11.1. The van der Waals surface area contributed by atoms with Crippen molar-refractivity contribution >= 4 is 15.9 Å². The molecule has 8 heteroatoms. The van der Waals surface area contributed by atoms with Crippen molar-refractivity contribution in [3.05, 3.63) is 46.8 Å². The molecule has 1 atom stereocenters. The summed E-state index contributed by atoms with van der Waals surface area (Å²) in [6.07, 6.45) is 2.34. The lowest BCUT2D eigenvalue weighted by molar-refractivity contribution is 0.0933. The van der Waals surface area contributed by atoms with Crippen molar-refractivity contribution in [2.45, 2.75) is 38.1 Å². The van der Waals surface area contributed by atoms with Gasteiger partial charge in [-0.2, -0.15) is 5.10 Å². The van der Waals surface area contributed by atoms with Gasteiger partial charge in [0, 0.05) is 18.8 Å². The molecule has 0 aliphatic carbocycles. The molecule has 0 radical (unpaired) electrons. The van der Waals surface area contributed by atoms with Gasteiger partial charge in [-0.15, -0.1) is 0 Å². The average molecular weight is 350 g/mol. The second-order valence-electron chi connectivity index (χ2n) is 5.78. The predicted octanol–water partition coefficient (Wildman–Crippen LogP) is 1.57. The van der Waals surface area contributed by atoms with Crippen molar-refractivity contribution < 1.29 is 13.2 Å². The molecule has 1 aromatic heterocycles. The van der Waals surface area contributed by atoms with E-state index in [2.05, 4.69) is 10.4 Å². The third-order valence-electron chi connectivity index (χ3n) is 4.12. The highest BCUT2D eigenvalue weighted by Gasteiger charge is 2.20. The normalized spacial score (nSPS) is 12.9. The van der Waals surface area contributed by atoms with Gasteiger partial charge in [-0.05, 0) is 49.6 Å². The number of primary sulfonamides is 1. The molecular formula is C16H22N4O3S. The summed E-state index contributed by atoms with van der Waals surface area (Å²) in [5.74, 6) is -0.351. The predicted molar refractivity (Wildman–Crippen MR) is 91.0 cm³/mol. The molecule has 24 heavy (non-hydrogen) atoms. The Balaban J connectivity index is 2.36.